The lowest BCUT2D eigenvalue weighted by Gasteiger charge is -2.21. The number of carbonyl (C=O) groups is 2. The fourth-order valence-electron chi connectivity index (χ4n) is 4.83. The summed E-state index contributed by atoms with van der Waals surface area (Å²) in [4.78, 5) is 27.8. The molecule has 0 N–H and O–H groups in total. The zero-order valence-corrected chi connectivity index (χ0v) is 17.4. The van der Waals surface area contributed by atoms with Gasteiger partial charge in [0.05, 0.1) is 16.8 Å². The molecular weight excluding hydrogens is 378 g/mol. The Morgan fingerprint density at radius 2 is 1.83 bits per heavy atom. The summed E-state index contributed by atoms with van der Waals surface area (Å²) in [5, 5.41) is 4.76. The number of hydrogen-bond donors (Lipinski definition) is 0. The second kappa shape index (κ2) is 7.27. The summed E-state index contributed by atoms with van der Waals surface area (Å²) in [6.07, 6.45) is 3.49. The quantitative estimate of drug-likeness (QED) is 0.654. The highest BCUT2D eigenvalue weighted by atomic mass is 16.3. The number of aromatic nitrogens is 2. The fraction of sp³-hybridized carbons (Fsp3) is 0.375. The maximum Gasteiger partial charge on any atom is 0.258 e. The van der Waals surface area contributed by atoms with Crippen molar-refractivity contribution in [1.82, 2.24) is 14.7 Å². The number of fused-ring (bicyclic) bond motifs is 2. The first-order valence-electron chi connectivity index (χ1n) is 10.6. The van der Waals surface area contributed by atoms with E-state index in [1.165, 1.54) is 11.3 Å². The van der Waals surface area contributed by atoms with Gasteiger partial charge in [-0.05, 0) is 19.8 Å². The number of nitrogens with zero attached hydrogens (tertiary/aromatic N) is 3. The predicted molar refractivity (Wildman–Crippen MR) is 113 cm³/mol. The molecule has 0 radical (unpaired) electrons. The van der Waals surface area contributed by atoms with E-state index in [0.29, 0.717) is 42.2 Å². The van der Waals surface area contributed by atoms with Gasteiger partial charge in [-0.15, -0.1) is 0 Å². The number of ketones is 1. The number of aryl methyl sites for hydroxylation is 3. The number of rotatable bonds is 2. The van der Waals surface area contributed by atoms with Crippen molar-refractivity contribution in [1.29, 1.82) is 0 Å². The van der Waals surface area contributed by atoms with Crippen LogP contribution in [0.3, 0.4) is 0 Å². The lowest BCUT2D eigenvalue weighted by Crippen LogP contribution is -2.34. The molecule has 0 fully saturated rings. The molecule has 3 heterocycles. The predicted octanol–water partition coefficient (Wildman–Crippen LogP) is 3.75. The average molecular weight is 403 g/mol. The molecule has 0 unspecified atom stereocenters. The molecule has 2 aliphatic rings. The largest absolute Gasteiger partial charge is 0.465 e. The van der Waals surface area contributed by atoms with Crippen molar-refractivity contribution in [3.63, 3.8) is 0 Å². The van der Waals surface area contributed by atoms with Gasteiger partial charge in [-0.2, -0.15) is 5.10 Å². The zero-order chi connectivity index (χ0) is 20.8. The molecule has 1 amide bonds. The Bertz CT molecular complexity index is 1140. The first-order chi connectivity index (χ1) is 14.5. The van der Waals surface area contributed by atoms with E-state index in [9.17, 15) is 9.59 Å². The topological polar surface area (TPSA) is 68.3 Å². The van der Waals surface area contributed by atoms with Gasteiger partial charge in [0.25, 0.3) is 5.91 Å². The van der Waals surface area contributed by atoms with Gasteiger partial charge in [-0.3, -0.25) is 14.3 Å². The number of furan rings is 1. The van der Waals surface area contributed by atoms with Crippen molar-refractivity contribution in [3.8, 4) is 11.3 Å². The molecule has 0 saturated carbocycles. The summed E-state index contributed by atoms with van der Waals surface area (Å²) in [5.41, 5.74) is 5.47. The Labute approximate surface area is 175 Å². The van der Waals surface area contributed by atoms with Crippen LogP contribution in [0.4, 0.5) is 0 Å². The molecule has 1 aliphatic carbocycles. The second-order valence-corrected chi connectivity index (χ2v) is 8.16. The molecule has 0 saturated heterocycles. The van der Waals surface area contributed by atoms with E-state index in [2.05, 4.69) is 12.1 Å². The molecule has 3 aromatic rings. The maximum absolute atomic E-state index is 13.5. The van der Waals surface area contributed by atoms with Crippen LogP contribution in [0.25, 0.3) is 11.3 Å². The zero-order valence-electron chi connectivity index (χ0n) is 17.4. The van der Waals surface area contributed by atoms with Gasteiger partial charge in [0.15, 0.2) is 5.78 Å². The van der Waals surface area contributed by atoms with Gasteiger partial charge in [-0.1, -0.05) is 30.3 Å². The van der Waals surface area contributed by atoms with Gasteiger partial charge >= 0.3 is 0 Å². The van der Waals surface area contributed by atoms with Crippen molar-refractivity contribution in [2.24, 2.45) is 7.05 Å². The minimum absolute atomic E-state index is 0.0325. The van der Waals surface area contributed by atoms with Crippen molar-refractivity contribution < 1.29 is 14.0 Å². The highest BCUT2D eigenvalue weighted by molar-refractivity contribution is 6.10. The number of benzene rings is 1. The van der Waals surface area contributed by atoms with Crippen LogP contribution in [0.1, 0.15) is 56.3 Å². The van der Waals surface area contributed by atoms with Crippen LogP contribution in [0.15, 0.2) is 34.7 Å². The van der Waals surface area contributed by atoms with Crippen molar-refractivity contribution in [2.75, 3.05) is 13.1 Å². The molecule has 30 heavy (non-hydrogen) atoms. The van der Waals surface area contributed by atoms with Gasteiger partial charge in [0.2, 0.25) is 0 Å². The fourth-order valence-corrected chi connectivity index (χ4v) is 4.83. The molecule has 6 nitrogen and oxygen atoms in total. The van der Waals surface area contributed by atoms with Gasteiger partial charge in [-0.25, -0.2) is 0 Å². The number of hydrogen-bond acceptors (Lipinski definition) is 4. The first kappa shape index (κ1) is 18.9. The van der Waals surface area contributed by atoms with Gasteiger partial charge < -0.3 is 9.32 Å². The van der Waals surface area contributed by atoms with E-state index in [1.54, 1.807) is 6.92 Å². The monoisotopic (exact) mass is 403 g/mol. The van der Waals surface area contributed by atoms with Gasteiger partial charge in [0, 0.05) is 56.2 Å². The lowest BCUT2D eigenvalue weighted by atomic mass is 9.93. The van der Waals surface area contributed by atoms with Crippen LogP contribution in [0.5, 0.6) is 0 Å². The van der Waals surface area contributed by atoms with Gasteiger partial charge in [0.1, 0.15) is 11.5 Å². The molecule has 0 spiro atoms. The molecule has 6 heteroatoms. The van der Waals surface area contributed by atoms with E-state index in [-0.39, 0.29) is 11.7 Å². The normalized spacial score (nSPS) is 16.2. The molecule has 2 aromatic heterocycles. The highest BCUT2D eigenvalue weighted by Gasteiger charge is 2.33. The minimum atomic E-state index is -0.0882. The van der Waals surface area contributed by atoms with E-state index in [0.717, 1.165) is 36.9 Å². The van der Waals surface area contributed by atoms with Crippen LogP contribution < -0.4 is 0 Å². The SMILES string of the molecule is Cc1oc2c(c1C(=O)N1CCc3c(-c4ccccc4)nn(C)c3CC1)C(=O)CCC2. The van der Waals surface area contributed by atoms with Crippen molar-refractivity contribution in [2.45, 2.75) is 39.0 Å². The van der Waals surface area contributed by atoms with Crippen LogP contribution >= 0.6 is 0 Å². The third-order valence-electron chi connectivity index (χ3n) is 6.32. The highest BCUT2D eigenvalue weighted by Crippen LogP contribution is 2.32. The Balaban J connectivity index is 1.45. The Morgan fingerprint density at radius 1 is 1.07 bits per heavy atom. The number of carbonyl (C=O) groups excluding carboxylic acids is 2. The van der Waals surface area contributed by atoms with Crippen molar-refractivity contribution in [3.05, 3.63) is 64.2 Å². The molecule has 0 bridgehead atoms. The molecule has 5 rings (SSSR count). The van der Waals surface area contributed by atoms with E-state index >= 15 is 0 Å². The van der Waals surface area contributed by atoms with Crippen LogP contribution in [0.2, 0.25) is 0 Å². The molecule has 1 aromatic carbocycles. The van der Waals surface area contributed by atoms with Crippen molar-refractivity contribution >= 4 is 11.7 Å². The third-order valence-corrected chi connectivity index (χ3v) is 6.32. The molecular formula is C24H25N3O3. The van der Waals surface area contributed by atoms with E-state index < -0.39 is 0 Å². The van der Waals surface area contributed by atoms with E-state index in [1.807, 2.05) is 34.8 Å². The number of Topliss-reactive ketones (excluding diaryl/α,β-unsaturated/α-hetero) is 1. The van der Waals surface area contributed by atoms with E-state index in [4.69, 9.17) is 9.52 Å². The third kappa shape index (κ3) is 2.98. The summed E-state index contributed by atoms with van der Waals surface area (Å²) in [6, 6.07) is 10.2. The number of amides is 1. The summed E-state index contributed by atoms with van der Waals surface area (Å²) in [5.74, 6) is 1.19. The van der Waals surface area contributed by atoms with Crippen LogP contribution in [-0.2, 0) is 26.3 Å². The van der Waals surface area contributed by atoms with Crippen LogP contribution in [-0.4, -0.2) is 39.5 Å². The summed E-state index contributed by atoms with van der Waals surface area (Å²) in [7, 11) is 1.97. The first-order valence-corrected chi connectivity index (χ1v) is 10.6. The average Bonchev–Trinajstić information content (AvgIpc) is 3.15. The smallest absolute Gasteiger partial charge is 0.258 e. The lowest BCUT2D eigenvalue weighted by molar-refractivity contribution is 0.0755. The standard InChI is InChI=1S/C24H25N3O3/c1-15-21(22-19(28)9-6-10-20(22)30-15)24(29)27-13-11-17-18(12-14-27)26(2)25-23(17)16-7-4-3-5-8-16/h3-5,7-8H,6,9-14H2,1-2H3. The summed E-state index contributed by atoms with van der Waals surface area (Å²) < 4.78 is 7.76. The maximum atomic E-state index is 13.5. The molecule has 0 atom stereocenters. The molecule has 154 valence electrons. The Kier molecular flexibility index (Phi) is 4.57. The van der Waals surface area contributed by atoms with Crippen LogP contribution in [0, 0.1) is 6.92 Å². The second-order valence-electron chi connectivity index (χ2n) is 8.16. The Morgan fingerprint density at radius 3 is 2.63 bits per heavy atom. The minimum Gasteiger partial charge on any atom is -0.465 e. The summed E-state index contributed by atoms with van der Waals surface area (Å²) in [6.45, 7) is 3.00. The Hall–Kier alpha value is -3.15. The molecule has 1 aliphatic heterocycles. The summed E-state index contributed by atoms with van der Waals surface area (Å²) >= 11 is 0.